The SMILES string of the molecule is Cc1cc(Cl)cc(Cn2cnc3cc(F)c(Br)cc3c2=O)c1. The molecular weight excluding hydrogens is 371 g/mol. The van der Waals surface area contributed by atoms with Crippen molar-refractivity contribution in [3.8, 4) is 0 Å². The topological polar surface area (TPSA) is 34.9 Å². The highest BCUT2D eigenvalue weighted by Gasteiger charge is 2.09. The molecule has 0 saturated heterocycles. The average Bonchev–Trinajstić information content (AvgIpc) is 2.43. The van der Waals surface area contributed by atoms with Crippen LogP contribution >= 0.6 is 27.5 Å². The third-order valence-corrected chi connectivity index (χ3v) is 4.15. The predicted octanol–water partition coefficient (Wildman–Crippen LogP) is 4.31. The number of nitrogens with zero attached hydrogens (tertiary/aromatic N) is 2. The second kappa shape index (κ2) is 5.82. The molecule has 22 heavy (non-hydrogen) atoms. The molecule has 3 aromatic rings. The Hall–Kier alpha value is -1.72. The van der Waals surface area contributed by atoms with Gasteiger partial charge in [0.05, 0.1) is 28.2 Å². The zero-order chi connectivity index (χ0) is 15.9. The first kappa shape index (κ1) is 15.2. The monoisotopic (exact) mass is 380 g/mol. The van der Waals surface area contributed by atoms with E-state index >= 15 is 0 Å². The summed E-state index contributed by atoms with van der Waals surface area (Å²) in [5, 5.41) is 0.996. The molecule has 0 radical (unpaired) electrons. The number of benzene rings is 2. The highest BCUT2D eigenvalue weighted by Crippen LogP contribution is 2.20. The molecule has 0 bridgehead atoms. The van der Waals surface area contributed by atoms with Gasteiger partial charge in [-0.25, -0.2) is 9.37 Å². The molecule has 0 spiro atoms. The van der Waals surface area contributed by atoms with Gasteiger partial charge in [0.15, 0.2) is 0 Å². The van der Waals surface area contributed by atoms with Crippen LogP contribution < -0.4 is 5.56 Å². The van der Waals surface area contributed by atoms with E-state index in [0.29, 0.717) is 22.5 Å². The fourth-order valence-corrected chi connectivity index (χ4v) is 3.02. The summed E-state index contributed by atoms with van der Waals surface area (Å²) in [6, 6.07) is 8.33. The van der Waals surface area contributed by atoms with Gasteiger partial charge < -0.3 is 0 Å². The quantitative estimate of drug-likeness (QED) is 0.663. The number of aryl methyl sites for hydroxylation is 1. The molecule has 0 saturated carbocycles. The number of halogens is 3. The van der Waals surface area contributed by atoms with Crippen LogP contribution in [-0.2, 0) is 6.54 Å². The van der Waals surface area contributed by atoms with Crippen molar-refractivity contribution in [1.29, 1.82) is 0 Å². The van der Waals surface area contributed by atoms with E-state index in [4.69, 9.17) is 11.6 Å². The molecular formula is C16H11BrClFN2O. The summed E-state index contributed by atoms with van der Waals surface area (Å²) in [7, 11) is 0. The molecule has 0 unspecified atom stereocenters. The summed E-state index contributed by atoms with van der Waals surface area (Å²) in [5.74, 6) is -0.442. The van der Waals surface area contributed by atoms with E-state index < -0.39 is 5.82 Å². The fraction of sp³-hybridized carbons (Fsp3) is 0.125. The predicted molar refractivity (Wildman–Crippen MR) is 89.0 cm³/mol. The Morgan fingerprint density at radius 2 is 2.05 bits per heavy atom. The van der Waals surface area contributed by atoms with Gasteiger partial charge in [0.25, 0.3) is 5.56 Å². The minimum atomic E-state index is -0.442. The third-order valence-electron chi connectivity index (χ3n) is 3.32. The van der Waals surface area contributed by atoms with Gasteiger partial charge in [-0.2, -0.15) is 0 Å². The van der Waals surface area contributed by atoms with Crippen LogP contribution in [0.4, 0.5) is 4.39 Å². The molecule has 0 aliphatic heterocycles. The van der Waals surface area contributed by atoms with E-state index in [9.17, 15) is 9.18 Å². The van der Waals surface area contributed by atoms with Crippen LogP contribution in [0.3, 0.4) is 0 Å². The Balaban J connectivity index is 2.10. The van der Waals surface area contributed by atoms with Crippen LogP contribution in [0, 0.1) is 12.7 Å². The van der Waals surface area contributed by atoms with Crippen LogP contribution in [0.2, 0.25) is 5.02 Å². The summed E-state index contributed by atoms with van der Waals surface area (Å²) < 4.78 is 15.2. The molecule has 3 nitrogen and oxygen atoms in total. The molecule has 0 aliphatic rings. The highest BCUT2D eigenvalue weighted by atomic mass is 79.9. The van der Waals surface area contributed by atoms with Crippen molar-refractivity contribution in [3.05, 3.63) is 73.5 Å². The zero-order valence-corrected chi connectivity index (χ0v) is 13.9. The fourth-order valence-electron chi connectivity index (χ4n) is 2.37. The summed E-state index contributed by atoms with van der Waals surface area (Å²) in [6.07, 6.45) is 1.42. The normalized spacial score (nSPS) is 11.1. The molecule has 2 aromatic carbocycles. The van der Waals surface area contributed by atoms with Gasteiger partial charge in [0, 0.05) is 11.1 Å². The van der Waals surface area contributed by atoms with Gasteiger partial charge >= 0.3 is 0 Å². The smallest absolute Gasteiger partial charge is 0.261 e. The molecule has 0 N–H and O–H groups in total. The lowest BCUT2D eigenvalue weighted by Gasteiger charge is -2.08. The molecule has 3 rings (SSSR count). The van der Waals surface area contributed by atoms with Crippen molar-refractivity contribution in [2.75, 3.05) is 0 Å². The Bertz CT molecular complexity index is 919. The standard InChI is InChI=1S/C16H11BrClFN2O/c1-9-2-10(4-11(18)3-9)7-21-8-20-15-6-14(19)13(17)5-12(15)16(21)22/h2-6,8H,7H2,1H3. The zero-order valence-electron chi connectivity index (χ0n) is 11.6. The second-order valence-electron chi connectivity index (χ2n) is 5.10. The molecule has 0 fully saturated rings. The van der Waals surface area contributed by atoms with E-state index in [1.54, 1.807) is 0 Å². The van der Waals surface area contributed by atoms with Gasteiger partial charge in [-0.15, -0.1) is 0 Å². The third kappa shape index (κ3) is 2.91. The van der Waals surface area contributed by atoms with E-state index in [-0.39, 0.29) is 10.0 Å². The minimum Gasteiger partial charge on any atom is -0.294 e. The molecule has 1 heterocycles. The number of fused-ring (bicyclic) bond motifs is 1. The van der Waals surface area contributed by atoms with E-state index in [0.717, 1.165) is 11.1 Å². The number of aromatic nitrogens is 2. The summed E-state index contributed by atoms with van der Waals surface area (Å²) in [5.41, 5.74) is 2.05. The van der Waals surface area contributed by atoms with Gasteiger partial charge in [0.1, 0.15) is 5.82 Å². The van der Waals surface area contributed by atoms with Crippen molar-refractivity contribution < 1.29 is 4.39 Å². The van der Waals surface area contributed by atoms with Crippen LogP contribution in [-0.4, -0.2) is 9.55 Å². The molecule has 0 amide bonds. The van der Waals surface area contributed by atoms with Crippen LogP contribution in [0.5, 0.6) is 0 Å². The van der Waals surface area contributed by atoms with Crippen LogP contribution in [0.25, 0.3) is 10.9 Å². The second-order valence-corrected chi connectivity index (χ2v) is 6.39. The first-order valence-electron chi connectivity index (χ1n) is 6.54. The van der Waals surface area contributed by atoms with Crippen molar-refractivity contribution in [3.63, 3.8) is 0 Å². The summed E-state index contributed by atoms with van der Waals surface area (Å²) in [6.45, 7) is 2.30. The highest BCUT2D eigenvalue weighted by molar-refractivity contribution is 9.10. The van der Waals surface area contributed by atoms with E-state index in [1.165, 1.54) is 23.0 Å². The van der Waals surface area contributed by atoms with Crippen LogP contribution in [0.1, 0.15) is 11.1 Å². The number of hydrogen-bond donors (Lipinski definition) is 0. The first-order valence-corrected chi connectivity index (χ1v) is 7.71. The maximum atomic E-state index is 13.5. The summed E-state index contributed by atoms with van der Waals surface area (Å²) >= 11 is 9.13. The van der Waals surface area contributed by atoms with Gasteiger partial charge in [-0.1, -0.05) is 17.7 Å². The van der Waals surface area contributed by atoms with Crippen molar-refractivity contribution in [2.45, 2.75) is 13.5 Å². The summed E-state index contributed by atoms with van der Waals surface area (Å²) in [4.78, 5) is 16.7. The van der Waals surface area contributed by atoms with Crippen LogP contribution in [0.15, 0.2) is 45.9 Å². The maximum Gasteiger partial charge on any atom is 0.261 e. The minimum absolute atomic E-state index is 0.219. The number of hydrogen-bond acceptors (Lipinski definition) is 2. The maximum absolute atomic E-state index is 13.5. The Morgan fingerprint density at radius 3 is 2.77 bits per heavy atom. The van der Waals surface area contributed by atoms with Crippen molar-refractivity contribution >= 4 is 38.4 Å². The molecule has 0 atom stereocenters. The first-order chi connectivity index (χ1) is 10.4. The molecule has 1 aromatic heterocycles. The Morgan fingerprint density at radius 1 is 1.27 bits per heavy atom. The van der Waals surface area contributed by atoms with E-state index in [2.05, 4.69) is 20.9 Å². The average molecular weight is 382 g/mol. The van der Waals surface area contributed by atoms with Crippen molar-refractivity contribution in [1.82, 2.24) is 9.55 Å². The Kier molecular flexibility index (Phi) is 4.02. The van der Waals surface area contributed by atoms with Gasteiger partial charge in [-0.3, -0.25) is 9.36 Å². The largest absolute Gasteiger partial charge is 0.294 e. The molecule has 112 valence electrons. The Labute approximate surface area is 139 Å². The van der Waals surface area contributed by atoms with Gasteiger partial charge in [-0.05, 0) is 52.2 Å². The van der Waals surface area contributed by atoms with Crippen molar-refractivity contribution in [2.24, 2.45) is 0 Å². The molecule has 6 heteroatoms. The lowest BCUT2D eigenvalue weighted by atomic mass is 10.1. The van der Waals surface area contributed by atoms with Gasteiger partial charge in [0.2, 0.25) is 0 Å². The lowest BCUT2D eigenvalue weighted by Crippen LogP contribution is -2.21. The number of rotatable bonds is 2. The lowest BCUT2D eigenvalue weighted by molar-refractivity contribution is 0.622. The van der Waals surface area contributed by atoms with E-state index in [1.807, 2.05) is 25.1 Å². The molecule has 0 aliphatic carbocycles.